The first-order chi connectivity index (χ1) is 12.3. The van der Waals surface area contributed by atoms with E-state index in [4.69, 9.17) is 0 Å². The van der Waals surface area contributed by atoms with Crippen LogP contribution in [0.4, 0.5) is 5.82 Å². The molecular weight excluding hydrogens is 316 g/mol. The summed E-state index contributed by atoms with van der Waals surface area (Å²) in [7, 11) is 1.62. The van der Waals surface area contributed by atoms with Crippen LogP contribution in [0.5, 0.6) is 0 Å². The Kier molecular flexibility index (Phi) is 3.89. The molecule has 1 N–H and O–H groups in total. The fraction of sp³-hybridized carbons (Fsp3) is 0.222. The number of anilines is 1. The van der Waals surface area contributed by atoms with Crippen molar-refractivity contribution in [2.45, 2.75) is 13.1 Å². The maximum absolute atomic E-state index is 12.3. The van der Waals surface area contributed by atoms with Crippen LogP contribution in [0.3, 0.4) is 0 Å². The molecule has 0 bridgehead atoms. The van der Waals surface area contributed by atoms with Gasteiger partial charge < -0.3 is 14.8 Å². The fourth-order valence-electron chi connectivity index (χ4n) is 3.13. The summed E-state index contributed by atoms with van der Waals surface area (Å²) in [5.74, 6) is 1.46. The van der Waals surface area contributed by atoms with E-state index in [2.05, 4.69) is 29.7 Å². The lowest BCUT2D eigenvalue weighted by atomic mass is 10.2. The molecule has 7 nitrogen and oxygen atoms in total. The Hall–Kier alpha value is -3.22. The van der Waals surface area contributed by atoms with Gasteiger partial charge >= 0.3 is 0 Å². The molecule has 0 aliphatic carbocycles. The summed E-state index contributed by atoms with van der Waals surface area (Å²) in [6, 6.07) is 9.95. The zero-order valence-corrected chi connectivity index (χ0v) is 13.9. The molecule has 4 rings (SSSR count). The van der Waals surface area contributed by atoms with Gasteiger partial charge in [0.05, 0.1) is 18.4 Å². The summed E-state index contributed by atoms with van der Waals surface area (Å²) in [4.78, 5) is 27.6. The lowest BCUT2D eigenvalue weighted by Gasteiger charge is -2.30. The van der Waals surface area contributed by atoms with Gasteiger partial charge in [0.1, 0.15) is 11.6 Å². The lowest BCUT2D eigenvalue weighted by Crippen LogP contribution is -2.35. The van der Waals surface area contributed by atoms with Gasteiger partial charge in [-0.05, 0) is 0 Å². The van der Waals surface area contributed by atoms with E-state index in [0.717, 1.165) is 36.0 Å². The lowest BCUT2D eigenvalue weighted by molar-refractivity contribution is 0.0957. The van der Waals surface area contributed by atoms with Crippen molar-refractivity contribution in [3.05, 3.63) is 60.3 Å². The van der Waals surface area contributed by atoms with E-state index >= 15 is 0 Å². The van der Waals surface area contributed by atoms with Crippen LogP contribution in [-0.2, 0) is 13.1 Å². The maximum Gasteiger partial charge on any atom is 0.271 e. The van der Waals surface area contributed by atoms with Crippen molar-refractivity contribution in [1.29, 1.82) is 0 Å². The van der Waals surface area contributed by atoms with Gasteiger partial charge in [-0.25, -0.2) is 9.97 Å². The van der Waals surface area contributed by atoms with Crippen molar-refractivity contribution in [3.63, 3.8) is 0 Å². The van der Waals surface area contributed by atoms with E-state index in [1.165, 1.54) is 0 Å². The van der Waals surface area contributed by atoms with Gasteiger partial charge in [-0.2, -0.15) is 0 Å². The molecule has 0 atom stereocenters. The number of nitrogens with one attached hydrogen (secondary N) is 1. The minimum Gasteiger partial charge on any atom is -0.354 e. The fourth-order valence-corrected chi connectivity index (χ4v) is 3.13. The minimum atomic E-state index is -0.174. The summed E-state index contributed by atoms with van der Waals surface area (Å²) in [6.45, 7) is 2.09. The normalized spacial score (nSPS) is 13.4. The van der Waals surface area contributed by atoms with Crippen molar-refractivity contribution in [1.82, 2.24) is 24.8 Å². The van der Waals surface area contributed by atoms with Gasteiger partial charge in [0.15, 0.2) is 5.69 Å². The number of aromatic nitrogens is 4. The van der Waals surface area contributed by atoms with Gasteiger partial charge in [0.2, 0.25) is 0 Å². The minimum absolute atomic E-state index is 0.174. The highest BCUT2D eigenvalue weighted by molar-refractivity contribution is 5.94. The number of imidazole rings is 1. The van der Waals surface area contributed by atoms with E-state index in [1.54, 1.807) is 25.6 Å². The van der Waals surface area contributed by atoms with Crippen molar-refractivity contribution >= 4 is 11.7 Å². The van der Waals surface area contributed by atoms with Crippen molar-refractivity contribution < 1.29 is 4.79 Å². The van der Waals surface area contributed by atoms with E-state index in [0.29, 0.717) is 12.2 Å². The van der Waals surface area contributed by atoms with Crippen molar-refractivity contribution in [2.75, 3.05) is 18.5 Å². The number of hydrogen-bond donors (Lipinski definition) is 1. The first kappa shape index (κ1) is 15.3. The monoisotopic (exact) mass is 334 g/mol. The van der Waals surface area contributed by atoms with Crippen LogP contribution < -0.4 is 10.2 Å². The molecule has 2 aromatic heterocycles. The molecule has 25 heavy (non-hydrogen) atoms. The molecule has 3 aromatic rings. The summed E-state index contributed by atoms with van der Waals surface area (Å²) in [5.41, 5.74) is 2.37. The summed E-state index contributed by atoms with van der Waals surface area (Å²) in [6.07, 6.45) is 5.07. The SMILES string of the molecule is CNC(=O)c1nc(-c2ccccc2)n2c1CN(c1cnccn1)CC2. The predicted molar refractivity (Wildman–Crippen MR) is 94.1 cm³/mol. The van der Waals surface area contributed by atoms with E-state index in [1.807, 2.05) is 30.3 Å². The highest BCUT2D eigenvalue weighted by Gasteiger charge is 2.28. The first-order valence-corrected chi connectivity index (χ1v) is 8.16. The van der Waals surface area contributed by atoms with Gasteiger partial charge in [0.25, 0.3) is 5.91 Å². The molecule has 1 aromatic carbocycles. The largest absolute Gasteiger partial charge is 0.354 e. The van der Waals surface area contributed by atoms with Gasteiger partial charge in [0, 0.05) is 38.1 Å². The van der Waals surface area contributed by atoms with Gasteiger partial charge in [-0.1, -0.05) is 30.3 Å². The van der Waals surface area contributed by atoms with E-state index in [9.17, 15) is 4.79 Å². The molecule has 1 aliphatic rings. The Labute approximate surface area is 145 Å². The van der Waals surface area contributed by atoms with Crippen LogP contribution in [0, 0.1) is 0 Å². The molecular formula is C18H18N6O. The number of carbonyl (C=O) groups is 1. The Morgan fingerprint density at radius 3 is 2.72 bits per heavy atom. The second kappa shape index (κ2) is 6.35. The van der Waals surface area contributed by atoms with E-state index < -0.39 is 0 Å². The molecule has 0 saturated heterocycles. The van der Waals surface area contributed by atoms with E-state index in [-0.39, 0.29) is 5.91 Å². The van der Waals surface area contributed by atoms with Crippen LogP contribution in [0.25, 0.3) is 11.4 Å². The number of carbonyl (C=O) groups excluding carboxylic acids is 1. The second-order valence-electron chi connectivity index (χ2n) is 5.81. The van der Waals surface area contributed by atoms with Crippen molar-refractivity contribution in [2.24, 2.45) is 0 Å². The Bertz CT molecular complexity index is 891. The van der Waals surface area contributed by atoms with Crippen molar-refractivity contribution in [3.8, 4) is 11.4 Å². The molecule has 1 aliphatic heterocycles. The predicted octanol–water partition coefficient (Wildman–Crippen LogP) is 1.72. The molecule has 7 heteroatoms. The molecule has 0 saturated carbocycles. The van der Waals surface area contributed by atoms with Crippen LogP contribution in [0.1, 0.15) is 16.2 Å². The van der Waals surface area contributed by atoms with Crippen LogP contribution in [-0.4, -0.2) is 39.0 Å². The number of fused-ring (bicyclic) bond motifs is 1. The Balaban J connectivity index is 1.78. The smallest absolute Gasteiger partial charge is 0.271 e. The second-order valence-corrected chi connectivity index (χ2v) is 5.81. The number of amides is 1. The Morgan fingerprint density at radius 1 is 1.16 bits per heavy atom. The summed E-state index contributed by atoms with van der Waals surface area (Å²) in [5, 5.41) is 2.69. The summed E-state index contributed by atoms with van der Waals surface area (Å²) >= 11 is 0. The maximum atomic E-state index is 12.3. The molecule has 3 heterocycles. The molecule has 0 spiro atoms. The van der Waals surface area contributed by atoms with Crippen LogP contribution in [0.2, 0.25) is 0 Å². The zero-order chi connectivity index (χ0) is 17.2. The number of rotatable bonds is 3. The topological polar surface area (TPSA) is 75.9 Å². The Morgan fingerprint density at radius 2 is 2.00 bits per heavy atom. The molecule has 0 unspecified atom stereocenters. The quantitative estimate of drug-likeness (QED) is 0.789. The highest BCUT2D eigenvalue weighted by atomic mass is 16.1. The van der Waals surface area contributed by atoms with Crippen LogP contribution in [0.15, 0.2) is 48.9 Å². The number of benzene rings is 1. The third-order valence-corrected chi connectivity index (χ3v) is 4.35. The average molecular weight is 334 g/mol. The summed E-state index contributed by atoms with van der Waals surface area (Å²) < 4.78 is 2.13. The molecule has 1 amide bonds. The first-order valence-electron chi connectivity index (χ1n) is 8.16. The zero-order valence-electron chi connectivity index (χ0n) is 13.9. The molecule has 0 fully saturated rings. The molecule has 126 valence electrons. The third kappa shape index (κ3) is 2.73. The highest BCUT2D eigenvalue weighted by Crippen LogP contribution is 2.27. The van der Waals surface area contributed by atoms with Crippen LogP contribution >= 0.6 is 0 Å². The standard InChI is InChI=1S/C18H18N6O/c1-19-18(25)16-14-12-23(15-11-20-7-8-21-15)9-10-24(14)17(22-16)13-5-3-2-4-6-13/h2-8,11H,9-10,12H2,1H3,(H,19,25). The number of hydrogen-bond acceptors (Lipinski definition) is 5. The number of nitrogens with zero attached hydrogens (tertiary/aromatic N) is 5. The molecule has 0 radical (unpaired) electrons. The third-order valence-electron chi connectivity index (χ3n) is 4.35. The average Bonchev–Trinajstić information content (AvgIpc) is 3.07. The van der Waals surface area contributed by atoms with Gasteiger partial charge in [-0.3, -0.25) is 9.78 Å². The van der Waals surface area contributed by atoms with Gasteiger partial charge in [-0.15, -0.1) is 0 Å².